The van der Waals surface area contributed by atoms with Gasteiger partial charge in [0, 0.05) is 23.6 Å². The van der Waals surface area contributed by atoms with Crippen molar-refractivity contribution in [3.05, 3.63) is 30.0 Å². The lowest BCUT2D eigenvalue weighted by Crippen LogP contribution is -2.45. The van der Waals surface area contributed by atoms with Gasteiger partial charge in [-0.25, -0.2) is 0 Å². The molecule has 1 unspecified atom stereocenters. The first-order valence-electron chi connectivity index (χ1n) is 8.60. The first kappa shape index (κ1) is 19.0. The van der Waals surface area contributed by atoms with Crippen molar-refractivity contribution in [2.45, 2.75) is 32.2 Å². The Hall–Kier alpha value is -2.34. The van der Waals surface area contributed by atoms with E-state index in [0.717, 1.165) is 28.6 Å². The molecule has 1 heterocycles. The minimum Gasteiger partial charge on any atom is -0.497 e. The van der Waals surface area contributed by atoms with E-state index >= 15 is 0 Å². The maximum atomic E-state index is 12.3. The number of hydrogen-bond donors (Lipinski definition) is 2. The molecule has 1 atom stereocenters. The number of fused-ring (bicyclic) bond motifs is 1. The number of methoxy groups -OCH3 is 1. The normalized spacial score (nSPS) is 12.4. The van der Waals surface area contributed by atoms with E-state index < -0.39 is 5.91 Å². The summed E-state index contributed by atoms with van der Waals surface area (Å²) >= 11 is 0. The highest BCUT2D eigenvalue weighted by atomic mass is 16.5. The topological polar surface area (TPSA) is 74.4 Å². The zero-order valence-corrected chi connectivity index (χ0v) is 15.4. The fourth-order valence-electron chi connectivity index (χ4n) is 2.94. The molecule has 136 valence electrons. The van der Waals surface area contributed by atoms with E-state index in [-0.39, 0.29) is 11.8 Å². The SMILES string of the molecule is CCCC(C(=O)C(=O)NCCc1c[nH]c2ccc(OC)cc12)N(C)C. The quantitative estimate of drug-likeness (QED) is 0.683. The van der Waals surface area contributed by atoms with Crippen LogP contribution in [0.5, 0.6) is 5.75 Å². The van der Waals surface area contributed by atoms with E-state index in [1.807, 2.05) is 45.4 Å². The number of likely N-dealkylation sites (N-methyl/N-ethyl adjacent to an activating group) is 1. The molecule has 0 aliphatic carbocycles. The molecular formula is C19H27N3O3. The van der Waals surface area contributed by atoms with Crippen molar-refractivity contribution in [1.82, 2.24) is 15.2 Å². The number of benzene rings is 1. The number of carbonyl (C=O) groups excluding carboxylic acids is 2. The summed E-state index contributed by atoms with van der Waals surface area (Å²) in [7, 11) is 5.28. The number of nitrogens with zero attached hydrogens (tertiary/aromatic N) is 1. The highest BCUT2D eigenvalue weighted by Gasteiger charge is 2.25. The van der Waals surface area contributed by atoms with Crippen LogP contribution >= 0.6 is 0 Å². The molecule has 0 aliphatic heterocycles. The predicted molar refractivity (Wildman–Crippen MR) is 99.0 cm³/mol. The lowest BCUT2D eigenvalue weighted by Gasteiger charge is -2.21. The lowest BCUT2D eigenvalue weighted by molar-refractivity contribution is -0.140. The largest absolute Gasteiger partial charge is 0.497 e. The van der Waals surface area contributed by atoms with Crippen molar-refractivity contribution >= 4 is 22.6 Å². The summed E-state index contributed by atoms with van der Waals surface area (Å²) in [4.78, 5) is 29.4. The van der Waals surface area contributed by atoms with E-state index in [4.69, 9.17) is 4.74 Å². The van der Waals surface area contributed by atoms with Gasteiger partial charge in [-0.3, -0.25) is 14.5 Å². The molecule has 0 saturated carbocycles. The summed E-state index contributed by atoms with van der Waals surface area (Å²) in [5.74, 6) is -0.0852. The fraction of sp³-hybridized carbons (Fsp3) is 0.474. The number of aromatic amines is 1. The van der Waals surface area contributed by atoms with Gasteiger partial charge >= 0.3 is 0 Å². The lowest BCUT2D eigenvalue weighted by atomic mass is 10.1. The Balaban J connectivity index is 1.96. The van der Waals surface area contributed by atoms with Gasteiger partial charge in [-0.2, -0.15) is 0 Å². The van der Waals surface area contributed by atoms with Crippen molar-refractivity contribution in [3.8, 4) is 5.75 Å². The second-order valence-corrected chi connectivity index (χ2v) is 6.36. The van der Waals surface area contributed by atoms with Gasteiger partial charge in [0.05, 0.1) is 13.2 Å². The first-order valence-corrected chi connectivity index (χ1v) is 8.60. The molecule has 2 aromatic rings. The van der Waals surface area contributed by atoms with Crippen LogP contribution < -0.4 is 10.1 Å². The number of Topliss-reactive ketones (excluding diaryl/α,β-unsaturated/α-hetero) is 1. The monoisotopic (exact) mass is 345 g/mol. The van der Waals surface area contributed by atoms with E-state index in [1.165, 1.54) is 0 Å². The van der Waals surface area contributed by atoms with Gasteiger partial charge < -0.3 is 15.0 Å². The Morgan fingerprint density at radius 1 is 1.32 bits per heavy atom. The van der Waals surface area contributed by atoms with Crippen molar-refractivity contribution in [2.24, 2.45) is 0 Å². The highest BCUT2D eigenvalue weighted by molar-refractivity contribution is 6.38. The molecule has 6 nitrogen and oxygen atoms in total. The van der Waals surface area contributed by atoms with Crippen LogP contribution in [0.3, 0.4) is 0 Å². The Morgan fingerprint density at radius 2 is 2.08 bits per heavy atom. The van der Waals surface area contributed by atoms with Crippen LogP contribution in [0.2, 0.25) is 0 Å². The van der Waals surface area contributed by atoms with Gasteiger partial charge in [0.2, 0.25) is 5.78 Å². The number of carbonyl (C=O) groups is 2. The molecule has 6 heteroatoms. The molecule has 0 spiro atoms. The molecule has 2 rings (SSSR count). The van der Waals surface area contributed by atoms with E-state index in [0.29, 0.717) is 19.4 Å². The van der Waals surface area contributed by atoms with Crippen LogP contribution in [-0.4, -0.2) is 55.4 Å². The van der Waals surface area contributed by atoms with Gasteiger partial charge in [0.1, 0.15) is 5.75 Å². The smallest absolute Gasteiger partial charge is 0.289 e. The number of nitrogens with one attached hydrogen (secondary N) is 2. The number of hydrogen-bond acceptors (Lipinski definition) is 4. The number of ketones is 1. The Kier molecular flexibility index (Phi) is 6.58. The number of aromatic nitrogens is 1. The van der Waals surface area contributed by atoms with Crippen LogP contribution in [-0.2, 0) is 16.0 Å². The van der Waals surface area contributed by atoms with Crippen LogP contribution in [0.4, 0.5) is 0 Å². The maximum absolute atomic E-state index is 12.3. The molecule has 1 aromatic carbocycles. The summed E-state index contributed by atoms with van der Waals surface area (Å²) < 4.78 is 5.26. The Labute approximate surface area is 148 Å². The summed E-state index contributed by atoms with van der Waals surface area (Å²) in [5, 5.41) is 3.81. The second kappa shape index (κ2) is 8.67. The molecule has 2 N–H and O–H groups in total. The average molecular weight is 345 g/mol. The van der Waals surface area contributed by atoms with Crippen LogP contribution in [0.1, 0.15) is 25.3 Å². The molecule has 0 fully saturated rings. The minimum absolute atomic E-state index is 0.359. The van der Waals surface area contributed by atoms with Crippen LogP contribution in [0.15, 0.2) is 24.4 Å². The van der Waals surface area contributed by atoms with Gasteiger partial charge in [0.25, 0.3) is 5.91 Å². The fourth-order valence-corrected chi connectivity index (χ4v) is 2.94. The summed E-state index contributed by atoms with van der Waals surface area (Å²) in [6, 6.07) is 5.48. The molecule has 0 radical (unpaired) electrons. The van der Waals surface area contributed by atoms with Crippen LogP contribution in [0, 0.1) is 0 Å². The third-order valence-electron chi connectivity index (χ3n) is 4.37. The summed E-state index contributed by atoms with van der Waals surface area (Å²) in [5.41, 5.74) is 2.10. The van der Waals surface area contributed by atoms with Gasteiger partial charge in [-0.15, -0.1) is 0 Å². The van der Waals surface area contributed by atoms with Gasteiger partial charge in [0.15, 0.2) is 0 Å². The maximum Gasteiger partial charge on any atom is 0.289 e. The van der Waals surface area contributed by atoms with E-state index in [2.05, 4.69) is 10.3 Å². The Morgan fingerprint density at radius 3 is 2.72 bits per heavy atom. The van der Waals surface area contributed by atoms with Gasteiger partial charge in [-0.05, 0) is 50.7 Å². The number of ether oxygens (including phenoxy) is 1. The first-order chi connectivity index (χ1) is 12.0. The second-order valence-electron chi connectivity index (χ2n) is 6.36. The van der Waals surface area contributed by atoms with Crippen LogP contribution in [0.25, 0.3) is 10.9 Å². The zero-order chi connectivity index (χ0) is 18.4. The number of amides is 1. The number of rotatable bonds is 9. The third kappa shape index (κ3) is 4.60. The van der Waals surface area contributed by atoms with Crippen molar-refractivity contribution in [2.75, 3.05) is 27.7 Å². The molecule has 0 saturated heterocycles. The average Bonchev–Trinajstić information content (AvgIpc) is 3.00. The molecule has 0 aliphatic rings. The third-order valence-corrected chi connectivity index (χ3v) is 4.37. The molecule has 25 heavy (non-hydrogen) atoms. The van der Waals surface area contributed by atoms with Crippen molar-refractivity contribution in [1.29, 1.82) is 0 Å². The molecular weight excluding hydrogens is 318 g/mol. The predicted octanol–water partition coefficient (Wildman–Crippen LogP) is 2.13. The van der Waals surface area contributed by atoms with E-state index in [9.17, 15) is 9.59 Å². The standard InChI is InChI=1S/C19H27N3O3/c1-5-6-17(22(2)3)18(23)19(24)20-10-9-13-12-21-16-8-7-14(25-4)11-15(13)16/h7-8,11-12,17,21H,5-6,9-10H2,1-4H3,(H,20,24). The number of H-pyrrole nitrogens is 1. The Bertz CT molecular complexity index is 737. The van der Waals surface area contributed by atoms with Crippen molar-refractivity contribution < 1.29 is 14.3 Å². The molecule has 1 aromatic heterocycles. The molecule has 1 amide bonds. The van der Waals surface area contributed by atoms with E-state index in [1.54, 1.807) is 12.0 Å². The van der Waals surface area contributed by atoms with Crippen molar-refractivity contribution in [3.63, 3.8) is 0 Å². The zero-order valence-electron chi connectivity index (χ0n) is 15.4. The summed E-state index contributed by atoms with van der Waals surface area (Å²) in [6.45, 7) is 2.42. The highest BCUT2D eigenvalue weighted by Crippen LogP contribution is 2.23. The van der Waals surface area contributed by atoms with Gasteiger partial charge in [-0.1, -0.05) is 13.3 Å². The minimum atomic E-state index is -0.510. The summed E-state index contributed by atoms with van der Waals surface area (Å²) in [6.07, 6.45) is 4.12. The molecule has 0 bridgehead atoms.